The van der Waals surface area contributed by atoms with Crippen molar-refractivity contribution in [2.24, 2.45) is 0 Å². The molecule has 1 aromatic carbocycles. The fourth-order valence-corrected chi connectivity index (χ4v) is 2.16. The van der Waals surface area contributed by atoms with E-state index in [2.05, 4.69) is 24.2 Å². The molecule has 19 heavy (non-hydrogen) atoms. The van der Waals surface area contributed by atoms with Gasteiger partial charge in [0.05, 0.1) is 5.52 Å². The smallest absolute Gasteiger partial charge is 0.244 e. The number of hydrogen-bond donors (Lipinski definition) is 0. The number of rotatable bonds is 6. The first kappa shape index (κ1) is 13.5. The van der Waals surface area contributed by atoms with Gasteiger partial charge >= 0.3 is 0 Å². The molecule has 0 unspecified atom stereocenters. The number of aromatic nitrogens is 3. The minimum Gasteiger partial charge on any atom is -0.341 e. The molecule has 0 fully saturated rings. The van der Waals surface area contributed by atoms with E-state index in [1.165, 1.54) is 0 Å². The van der Waals surface area contributed by atoms with E-state index in [4.69, 9.17) is 0 Å². The quantitative estimate of drug-likeness (QED) is 0.799. The summed E-state index contributed by atoms with van der Waals surface area (Å²) in [4.78, 5) is 14.2. The SMILES string of the molecule is CCCN(CCC)C(=O)Cn1nnc2ccccc21. The van der Waals surface area contributed by atoms with Crippen molar-refractivity contribution >= 4 is 16.9 Å². The molecule has 0 N–H and O–H groups in total. The van der Waals surface area contributed by atoms with Gasteiger partial charge in [-0.2, -0.15) is 0 Å². The van der Waals surface area contributed by atoms with Crippen molar-refractivity contribution in [1.29, 1.82) is 0 Å². The van der Waals surface area contributed by atoms with E-state index in [-0.39, 0.29) is 12.5 Å². The molecule has 0 aliphatic rings. The molecule has 1 heterocycles. The summed E-state index contributed by atoms with van der Waals surface area (Å²) < 4.78 is 1.68. The van der Waals surface area contributed by atoms with E-state index >= 15 is 0 Å². The van der Waals surface area contributed by atoms with Crippen LogP contribution in [0, 0.1) is 0 Å². The highest BCUT2D eigenvalue weighted by molar-refractivity contribution is 5.79. The van der Waals surface area contributed by atoms with Gasteiger partial charge in [-0.3, -0.25) is 4.79 Å². The Bertz CT molecular complexity index is 543. The topological polar surface area (TPSA) is 51.0 Å². The normalized spacial score (nSPS) is 10.8. The largest absolute Gasteiger partial charge is 0.341 e. The first-order valence-corrected chi connectivity index (χ1v) is 6.82. The van der Waals surface area contributed by atoms with Crippen molar-refractivity contribution in [3.8, 4) is 0 Å². The van der Waals surface area contributed by atoms with Crippen molar-refractivity contribution in [1.82, 2.24) is 19.9 Å². The number of hydrogen-bond acceptors (Lipinski definition) is 3. The molecule has 0 aliphatic carbocycles. The second-order valence-electron chi connectivity index (χ2n) is 4.62. The van der Waals surface area contributed by atoms with Crippen LogP contribution in [0.1, 0.15) is 26.7 Å². The standard InChI is InChI=1S/C14H20N4O/c1-3-9-17(10-4-2)14(19)11-18-13-8-6-5-7-12(13)15-16-18/h5-8H,3-4,9-11H2,1-2H3. The zero-order chi connectivity index (χ0) is 13.7. The van der Waals surface area contributed by atoms with Gasteiger partial charge < -0.3 is 4.90 Å². The molecular formula is C14H20N4O. The van der Waals surface area contributed by atoms with Crippen LogP contribution in [-0.2, 0) is 11.3 Å². The lowest BCUT2D eigenvalue weighted by molar-refractivity contribution is -0.132. The van der Waals surface area contributed by atoms with Crippen LogP contribution in [-0.4, -0.2) is 38.9 Å². The Morgan fingerprint density at radius 3 is 2.58 bits per heavy atom. The van der Waals surface area contributed by atoms with Crippen molar-refractivity contribution in [2.75, 3.05) is 13.1 Å². The maximum absolute atomic E-state index is 12.3. The minimum atomic E-state index is 0.111. The Balaban J connectivity index is 2.13. The van der Waals surface area contributed by atoms with Crippen molar-refractivity contribution in [3.63, 3.8) is 0 Å². The molecular weight excluding hydrogens is 240 g/mol. The van der Waals surface area contributed by atoms with E-state index in [0.717, 1.165) is 37.0 Å². The number of carbonyl (C=O) groups is 1. The minimum absolute atomic E-state index is 0.111. The maximum Gasteiger partial charge on any atom is 0.244 e. The lowest BCUT2D eigenvalue weighted by Crippen LogP contribution is -2.35. The Kier molecular flexibility index (Phi) is 4.49. The molecule has 0 aliphatic heterocycles. The second-order valence-corrected chi connectivity index (χ2v) is 4.62. The van der Waals surface area contributed by atoms with Gasteiger partial charge in [0.2, 0.25) is 5.91 Å². The molecule has 2 rings (SSSR count). The fourth-order valence-electron chi connectivity index (χ4n) is 2.16. The maximum atomic E-state index is 12.3. The van der Waals surface area contributed by atoms with E-state index < -0.39 is 0 Å². The second kappa shape index (κ2) is 6.31. The summed E-state index contributed by atoms with van der Waals surface area (Å²) in [6.07, 6.45) is 1.95. The third kappa shape index (κ3) is 3.10. The van der Waals surface area contributed by atoms with Crippen LogP contribution in [0.3, 0.4) is 0 Å². The number of para-hydroxylation sites is 1. The first-order valence-electron chi connectivity index (χ1n) is 6.82. The van der Waals surface area contributed by atoms with Gasteiger partial charge in [-0.15, -0.1) is 5.10 Å². The number of fused-ring (bicyclic) bond motifs is 1. The van der Waals surface area contributed by atoms with Gasteiger partial charge in [-0.25, -0.2) is 4.68 Å². The van der Waals surface area contributed by atoms with Crippen molar-refractivity contribution < 1.29 is 4.79 Å². The van der Waals surface area contributed by atoms with E-state index in [1.54, 1.807) is 4.68 Å². The fraction of sp³-hybridized carbons (Fsp3) is 0.500. The molecule has 1 aromatic heterocycles. The highest BCUT2D eigenvalue weighted by Gasteiger charge is 2.14. The van der Waals surface area contributed by atoms with E-state index in [9.17, 15) is 4.79 Å². The lowest BCUT2D eigenvalue weighted by atomic mass is 10.3. The molecule has 0 saturated heterocycles. The molecule has 0 bridgehead atoms. The van der Waals surface area contributed by atoms with Gasteiger partial charge in [-0.05, 0) is 25.0 Å². The monoisotopic (exact) mass is 260 g/mol. The molecule has 1 amide bonds. The van der Waals surface area contributed by atoms with E-state index in [0.29, 0.717) is 0 Å². The van der Waals surface area contributed by atoms with Gasteiger partial charge in [0.1, 0.15) is 12.1 Å². The molecule has 5 nitrogen and oxygen atoms in total. The zero-order valence-corrected chi connectivity index (χ0v) is 11.5. The summed E-state index contributed by atoms with van der Waals surface area (Å²) in [5.74, 6) is 0.111. The summed E-state index contributed by atoms with van der Waals surface area (Å²) in [7, 11) is 0. The van der Waals surface area contributed by atoms with Crippen LogP contribution < -0.4 is 0 Å². The highest BCUT2D eigenvalue weighted by atomic mass is 16.2. The number of carbonyl (C=O) groups excluding carboxylic acids is 1. The van der Waals surface area contributed by atoms with Gasteiger partial charge in [0.25, 0.3) is 0 Å². The van der Waals surface area contributed by atoms with Gasteiger partial charge in [-0.1, -0.05) is 31.2 Å². The zero-order valence-electron chi connectivity index (χ0n) is 11.5. The Hall–Kier alpha value is -1.91. The van der Waals surface area contributed by atoms with Crippen LogP contribution in [0.5, 0.6) is 0 Å². The third-order valence-corrected chi connectivity index (χ3v) is 3.05. The summed E-state index contributed by atoms with van der Waals surface area (Å²) in [5, 5.41) is 8.12. The number of nitrogens with zero attached hydrogens (tertiary/aromatic N) is 4. The molecule has 0 radical (unpaired) electrons. The Morgan fingerprint density at radius 2 is 1.89 bits per heavy atom. The number of benzene rings is 1. The predicted molar refractivity (Wildman–Crippen MR) is 74.7 cm³/mol. The van der Waals surface area contributed by atoms with E-state index in [1.807, 2.05) is 29.2 Å². The van der Waals surface area contributed by atoms with Crippen LogP contribution in [0.2, 0.25) is 0 Å². The molecule has 102 valence electrons. The van der Waals surface area contributed by atoms with Gasteiger partial charge in [0.15, 0.2) is 0 Å². The van der Waals surface area contributed by atoms with Gasteiger partial charge in [0, 0.05) is 13.1 Å². The average Bonchev–Trinajstić information content (AvgIpc) is 2.82. The van der Waals surface area contributed by atoms with Crippen LogP contribution in [0.25, 0.3) is 11.0 Å². The summed E-state index contributed by atoms with van der Waals surface area (Å²) in [6, 6.07) is 7.69. The summed E-state index contributed by atoms with van der Waals surface area (Å²) in [6.45, 7) is 6.04. The molecule has 0 spiro atoms. The molecule has 0 atom stereocenters. The third-order valence-electron chi connectivity index (χ3n) is 3.05. The molecule has 5 heteroatoms. The highest BCUT2D eigenvalue weighted by Crippen LogP contribution is 2.10. The number of amides is 1. The van der Waals surface area contributed by atoms with Crippen molar-refractivity contribution in [3.05, 3.63) is 24.3 Å². The lowest BCUT2D eigenvalue weighted by Gasteiger charge is -2.21. The first-order chi connectivity index (χ1) is 9.26. The molecule has 0 saturated carbocycles. The Morgan fingerprint density at radius 1 is 1.21 bits per heavy atom. The summed E-state index contributed by atoms with van der Waals surface area (Å²) in [5.41, 5.74) is 1.73. The summed E-state index contributed by atoms with van der Waals surface area (Å²) >= 11 is 0. The average molecular weight is 260 g/mol. The van der Waals surface area contributed by atoms with Crippen LogP contribution in [0.15, 0.2) is 24.3 Å². The van der Waals surface area contributed by atoms with Crippen LogP contribution >= 0.6 is 0 Å². The Labute approximate surface area is 113 Å². The van der Waals surface area contributed by atoms with Crippen molar-refractivity contribution in [2.45, 2.75) is 33.2 Å². The molecule has 2 aromatic rings. The van der Waals surface area contributed by atoms with Crippen LogP contribution in [0.4, 0.5) is 0 Å². The predicted octanol–water partition coefficient (Wildman–Crippen LogP) is 2.08.